The van der Waals surface area contributed by atoms with Crippen LogP contribution in [0.1, 0.15) is 71.1 Å². The third kappa shape index (κ3) is 6.36. The summed E-state index contributed by atoms with van der Waals surface area (Å²) in [5.41, 5.74) is 6.62. The van der Waals surface area contributed by atoms with Crippen molar-refractivity contribution in [2.45, 2.75) is 63.5 Å². The van der Waals surface area contributed by atoms with Gasteiger partial charge in [0.2, 0.25) is 11.7 Å². The fourth-order valence-electron chi connectivity index (χ4n) is 10.0. The lowest BCUT2D eigenvalue weighted by molar-refractivity contribution is -0.141. The first kappa shape index (κ1) is 36.5. The molecule has 6 heterocycles. The van der Waals surface area contributed by atoms with Gasteiger partial charge in [-0.1, -0.05) is 18.2 Å². The molecule has 3 amide bonds. The van der Waals surface area contributed by atoms with Gasteiger partial charge in [-0.15, -0.1) is 0 Å². The van der Waals surface area contributed by atoms with Gasteiger partial charge in [0.1, 0.15) is 5.75 Å². The molecule has 1 aliphatic carbocycles. The number of amides is 3. The highest BCUT2D eigenvalue weighted by Crippen LogP contribution is 2.57. The Morgan fingerprint density at radius 2 is 1.40 bits per heavy atom. The van der Waals surface area contributed by atoms with Gasteiger partial charge >= 0.3 is 0 Å². The SMILES string of the molecule is COc1ccc2cc1Oc1ccc(cc1)C[C@H]1c3c(cc(OC)c4c3Oc3cc5c(cc3O4)CCN(C)[C@H]5C2)CCN1C(=O)C1CCC(CN2C(=O)C=CC2=O)CC1. The Balaban J connectivity index is 1.04. The van der Waals surface area contributed by atoms with E-state index in [0.717, 1.165) is 54.5 Å². The van der Waals surface area contributed by atoms with Crippen molar-refractivity contribution in [2.75, 3.05) is 40.9 Å². The molecule has 0 N–H and O–H groups in total. The normalized spacial score (nSPS) is 23.2. The number of nitrogens with zero attached hydrogens (tertiary/aromatic N) is 3. The molecule has 1 saturated carbocycles. The van der Waals surface area contributed by atoms with Crippen LogP contribution in [0.2, 0.25) is 0 Å². The summed E-state index contributed by atoms with van der Waals surface area (Å²) in [6, 6.07) is 20.3. The highest BCUT2D eigenvalue weighted by atomic mass is 16.6. The van der Waals surface area contributed by atoms with Gasteiger partial charge in [0.15, 0.2) is 34.5 Å². The van der Waals surface area contributed by atoms with E-state index in [9.17, 15) is 14.4 Å². The fraction of sp³-hybridized carbons (Fsp3) is 0.383. The Labute approximate surface area is 338 Å². The molecule has 0 radical (unpaired) electrons. The summed E-state index contributed by atoms with van der Waals surface area (Å²) in [6.07, 6.45) is 8.46. The number of carbonyl (C=O) groups is 3. The van der Waals surface area contributed by atoms with Crippen LogP contribution in [0.3, 0.4) is 0 Å². The molecule has 2 atom stereocenters. The standard InChI is InChI=1S/C47H47N3O8/c1-48-18-16-31-23-39-40-25-34(31)35(48)21-29-8-13-37(54-2)38(22-29)56-33-11-6-27(7-12-33)20-36-44-32(24-41(55-3)45(57-39)46(44)58-40)17-19-49(36)47(53)30-9-4-28(5-10-30)26-50-42(51)14-15-43(50)52/h6-8,11-15,22-25,28,30,35-36H,4-5,9-10,16-21,26H2,1-3H3/t28?,30?,35-,36-/m0/s1. The van der Waals surface area contributed by atoms with Crippen molar-refractivity contribution in [2.24, 2.45) is 11.8 Å². The number of imide groups is 1. The highest BCUT2D eigenvalue weighted by Gasteiger charge is 2.42. The van der Waals surface area contributed by atoms with Crippen LogP contribution >= 0.6 is 0 Å². The Morgan fingerprint density at radius 1 is 0.707 bits per heavy atom. The van der Waals surface area contributed by atoms with E-state index in [2.05, 4.69) is 59.3 Å². The average molecular weight is 782 g/mol. The summed E-state index contributed by atoms with van der Waals surface area (Å²) in [5.74, 6) is 4.68. The summed E-state index contributed by atoms with van der Waals surface area (Å²) in [6.45, 7) is 1.85. The van der Waals surface area contributed by atoms with Crippen LogP contribution in [0, 0.1) is 11.8 Å². The number of hydrogen-bond acceptors (Lipinski definition) is 9. The van der Waals surface area contributed by atoms with E-state index in [4.69, 9.17) is 23.7 Å². The number of hydrogen-bond donors (Lipinski definition) is 0. The molecule has 0 saturated heterocycles. The number of fused-ring (bicyclic) bond motifs is 2. The second-order valence-corrected chi connectivity index (χ2v) is 16.5. The summed E-state index contributed by atoms with van der Waals surface area (Å²) in [5, 5.41) is 0. The molecule has 6 aliphatic heterocycles. The van der Waals surface area contributed by atoms with Crippen LogP contribution in [0.5, 0.6) is 46.0 Å². The lowest BCUT2D eigenvalue weighted by Crippen LogP contribution is -2.45. The minimum atomic E-state index is -0.344. The Bertz CT molecular complexity index is 2350. The van der Waals surface area contributed by atoms with Gasteiger partial charge in [-0.25, -0.2) is 0 Å². The first-order valence-electron chi connectivity index (χ1n) is 20.5. The smallest absolute Gasteiger partial charge is 0.253 e. The first-order chi connectivity index (χ1) is 28.2. The van der Waals surface area contributed by atoms with Crippen LogP contribution in [-0.2, 0) is 40.1 Å². The number of benzene rings is 4. The second kappa shape index (κ2) is 14.5. The van der Waals surface area contributed by atoms with Crippen molar-refractivity contribution >= 4 is 17.7 Å². The second-order valence-electron chi connectivity index (χ2n) is 16.5. The Hall–Kier alpha value is -5.81. The van der Waals surface area contributed by atoms with Crippen LogP contribution in [-0.4, -0.2) is 73.3 Å². The van der Waals surface area contributed by atoms with Crippen molar-refractivity contribution in [1.82, 2.24) is 14.7 Å². The molecular formula is C47H47N3O8. The van der Waals surface area contributed by atoms with Crippen LogP contribution in [0.25, 0.3) is 0 Å². The van der Waals surface area contributed by atoms with Gasteiger partial charge in [0.25, 0.3) is 11.8 Å². The number of ether oxygens (including phenoxy) is 5. The summed E-state index contributed by atoms with van der Waals surface area (Å²) >= 11 is 0. The van der Waals surface area contributed by atoms with Crippen LogP contribution in [0.15, 0.2) is 72.8 Å². The highest BCUT2D eigenvalue weighted by molar-refractivity contribution is 6.12. The van der Waals surface area contributed by atoms with E-state index >= 15 is 0 Å². The summed E-state index contributed by atoms with van der Waals surface area (Å²) < 4.78 is 32.1. The third-order valence-electron chi connectivity index (χ3n) is 13.2. The zero-order chi connectivity index (χ0) is 39.7. The largest absolute Gasteiger partial charge is 0.493 e. The fourth-order valence-corrected chi connectivity index (χ4v) is 10.0. The van der Waals surface area contributed by atoms with E-state index in [1.54, 1.807) is 14.2 Å². The Morgan fingerprint density at radius 3 is 2.16 bits per heavy atom. The number of carbonyl (C=O) groups excluding carboxylic acids is 3. The van der Waals surface area contributed by atoms with Gasteiger partial charge < -0.3 is 28.6 Å². The minimum absolute atomic E-state index is 0.0848. The van der Waals surface area contributed by atoms with E-state index in [-0.39, 0.29) is 41.6 Å². The van der Waals surface area contributed by atoms with Gasteiger partial charge in [0.05, 0.1) is 20.3 Å². The number of rotatable bonds is 5. The maximum absolute atomic E-state index is 14.8. The average Bonchev–Trinajstić information content (AvgIpc) is 3.55. The molecule has 11 heteroatoms. The van der Waals surface area contributed by atoms with Crippen molar-refractivity contribution in [3.8, 4) is 46.0 Å². The molecule has 0 spiro atoms. The third-order valence-corrected chi connectivity index (χ3v) is 13.2. The molecule has 1 fully saturated rings. The minimum Gasteiger partial charge on any atom is -0.493 e. The molecule has 7 bridgehead atoms. The predicted molar refractivity (Wildman–Crippen MR) is 215 cm³/mol. The molecular weight excluding hydrogens is 735 g/mol. The lowest BCUT2D eigenvalue weighted by Gasteiger charge is -2.42. The zero-order valence-corrected chi connectivity index (χ0v) is 33.1. The lowest BCUT2D eigenvalue weighted by atomic mass is 9.79. The van der Waals surface area contributed by atoms with E-state index in [1.165, 1.54) is 28.2 Å². The van der Waals surface area contributed by atoms with Crippen molar-refractivity contribution in [3.05, 3.63) is 106 Å². The van der Waals surface area contributed by atoms with E-state index in [0.29, 0.717) is 84.8 Å². The molecule has 7 aliphatic rings. The monoisotopic (exact) mass is 781 g/mol. The first-order valence-corrected chi connectivity index (χ1v) is 20.5. The van der Waals surface area contributed by atoms with E-state index in [1.807, 2.05) is 18.2 Å². The predicted octanol–water partition coefficient (Wildman–Crippen LogP) is 7.88. The molecule has 11 nitrogen and oxygen atoms in total. The van der Waals surface area contributed by atoms with Crippen molar-refractivity contribution < 1.29 is 38.1 Å². The van der Waals surface area contributed by atoms with Crippen LogP contribution < -0.4 is 23.7 Å². The number of likely N-dealkylation sites (N-methyl/N-ethyl adjacent to an activating group) is 1. The molecule has 298 valence electrons. The van der Waals surface area contributed by atoms with Crippen molar-refractivity contribution in [3.63, 3.8) is 0 Å². The molecule has 4 aromatic rings. The summed E-state index contributed by atoms with van der Waals surface area (Å²) in [4.78, 5) is 45.2. The number of methoxy groups -OCH3 is 2. The Kier molecular flexibility index (Phi) is 9.15. The van der Waals surface area contributed by atoms with Gasteiger partial charge in [-0.3, -0.25) is 24.2 Å². The molecule has 11 rings (SSSR count). The zero-order valence-electron chi connectivity index (χ0n) is 33.1. The van der Waals surface area contributed by atoms with Crippen LogP contribution in [0.4, 0.5) is 0 Å². The molecule has 0 unspecified atom stereocenters. The quantitative estimate of drug-likeness (QED) is 0.165. The maximum Gasteiger partial charge on any atom is 0.253 e. The molecule has 0 aromatic heterocycles. The topological polar surface area (TPSA) is 107 Å². The summed E-state index contributed by atoms with van der Waals surface area (Å²) in [7, 11) is 5.49. The van der Waals surface area contributed by atoms with Gasteiger partial charge in [-0.05, 0) is 135 Å². The van der Waals surface area contributed by atoms with Gasteiger partial charge in [0, 0.05) is 49.3 Å². The molecule has 58 heavy (non-hydrogen) atoms. The van der Waals surface area contributed by atoms with Gasteiger partial charge in [-0.2, -0.15) is 0 Å². The van der Waals surface area contributed by atoms with Crippen molar-refractivity contribution in [1.29, 1.82) is 0 Å². The maximum atomic E-state index is 14.8. The molecule has 4 aromatic carbocycles. The van der Waals surface area contributed by atoms with E-state index < -0.39 is 0 Å².